The summed E-state index contributed by atoms with van der Waals surface area (Å²) in [4.78, 5) is 10.8. The van der Waals surface area contributed by atoms with E-state index in [1.807, 2.05) is 37.2 Å². The van der Waals surface area contributed by atoms with Gasteiger partial charge in [0.15, 0.2) is 11.1 Å². The maximum Gasteiger partial charge on any atom is 0.191 e. The average molecular weight is 485 g/mol. The van der Waals surface area contributed by atoms with E-state index in [1.54, 1.807) is 18.4 Å². The summed E-state index contributed by atoms with van der Waals surface area (Å²) in [5.74, 6) is 1.65. The third kappa shape index (κ3) is 4.67. The minimum atomic E-state index is 0. The number of halogens is 1. The number of guanidine groups is 1. The fourth-order valence-electron chi connectivity index (χ4n) is 2.54. The van der Waals surface area contributed by atoms with E-state index in [-0.39, 0.29) is 24.0 Å². The first kappa shape index (κ1) is 20.5. The molecule has 1 aromatic carbocycles. The number of furan rings is 1. The predicted molar refractivity (Wildman–Crippen MR) is 120 cm³/mol. The molecule has 3 aromatic rings. The van der Waals surface area contributed by atoms with E-state index in [0.717, 1.165) is 39.1 Å². The topological polar surface area (TPSA) is 65.7 Å². The quantitative estimate of drug-likeness (QED) is 0.328. The number of hydrogen-bond donors (Lipinski definition) is 2. The molecule has 6 nitrogen and oxygen atoms in total. The Labute approximate surface area is 174 Å². The first-order valence-electron chi connectivity index (χ1n) is 8.11. The van der Waals surface area contributed by atoms with Crippen LogP contribution < -0.4 is 15.5 Å². The molecule has 0 radical (unpaired) electrons. The van der Waals surface area contributed by atoms with Crippen LogP contribution in [0.1, 0.15) is 17.0 Å². The zero-order valence-corrected chi connectivity index (χ0v) is 18.5. The van der Waals surface area contributed by atoms with Crippen molar-refractivity contribution in [3.05, 3.63) is 46.7 Å². The zero-order valence-electron chi connectivity index (χ0n) is 15.4. The van der Waals surface area contributed by atoms with Crippen molar-refractivity contribution in [2.45, 2.75) is 20.0 Å². The summed E-state index contributed by atoms with van der Waals surface area (Å²) >= 11 is 1.63. The van der Waals surface area contributed by atoms with Crippen LogP contribution in [0.15, 0.2) is 39.1 Å². The van der Waals surface area contributed by atoms with E-state index in [2.05, 4.69) is 39.0 Å². The smallest absolute Gasteiger partial charge is 0.191 e. The fraction of sp³-hybridized carbons (Fsp3) is 0.333. The molecular weight excluding hydrogens is 461 g/mol. The van der Waals surface area contributed by atoms with Crippen molar-refractivity contribution in [1.29, 1.82) is 0 Å². The third-order valence-corrected chi connectivity index (χ3v) is 5.00. The van der Waals surface area contributed by atoms with Crippen LogP contribution in [0.25, 0.3) is 11.0 Å². The van der Waals surface area contributed by atoms with Crippen molar-refractivity contribution >= 4 is 57.4 Å². The van der Waals surface area contributed by atoms with E-state index in [4.69, 9.17) is 4.42 Å². The van der Waals surface area contributed by atoms with Crippen molar-refractivity contribution < 1.29 is 4.42 Å². The van der Waals surface area contributed by atoms with Crippen molar-refractivity contribution in [2.24, 2.45) is 4.99 Å². The number of aromatic nitrogens is 1. The summed E-state index contributed by atoms with van der Waals surface area (Å²) < 4.78 is 5.92. The molecule has 0 atom stereocenters. The van der Waals surface area contributed by atoms with Gasteiger partial charge in [-0.3, -0.25) is 4.99 Å². The lowest BCUT2D eigenvalue weighted by Crippen LogP contribution is -2.36. The highest BCUT2D eigenvalue weighted by Gasteiger charge is 2.10. The third-order valence-electron chi connectivity index (χ3n) is 3.94. The van der Waals surface area contributed by atoms with Crippen molar-refractivity contribution in [3.8, 4) is 0 Å². The molecule has 0 unspecified atom stereocenters. The molecule has 0 aliphatic heterocycles. The van der Waals surface area contributed by atoms with Crippen molar-refractivity contribution in [3.63, 3.8) is 0 Å². The second-order valence-corrected chi connectivity index (χ2v) is 6.78. The Balaban J connectivity index is 0.00000243. The number of aliphatic imine (C=N–C) groups is 1. The number of fused-ring (bicyclic) bond motifs is 1. The average Bonchev–Trinajstić information content (AvgIpc) is 3.21. The SMILES string of the molecule is CN=C(NCc1csc(N(C)C)n1)NCc1oc2ccccc2c1C.I. The molecule has 8 heteroatoms. The number of nitrogens with zero attached hydrogens (tertiary/aromatic N) is 3. The summed E-state index contributed by atoms with van der Waals surface area (Å²) in [5.41, 5.74) is 3.07. The van der Waals surface area contributed by atoms with Gasteiger partial charge in [-0.05, 0) is 13.0 Å². The van der Waals surface area contributed by atoms with Gasteiger partial charge in [0.1, 0.15) is 11.3 Å². The van der Waals surface area contributed by atoms with E-state index >= 15 is 0 Å². The molecule has 0 saturated heterocycles. The minimum Gasteiger partial charge on any atom is -0.459 e. The molecule has 140 valence electrons. The molecule has 3 rings (SSSR count). The first-order valence-corrected chi connectivity index (χ1v) is 8.99. The van der Waals surface area contributed by atoms with Crippen LogP contribution in [0.4, 0.5) is 5.13 Å². The van der Waals surface area contributed by atoms with Crippen LogP contribution in [-0.2, 0) is 13.1 Å². The van der Waals surface area contributed by atoms with Gasteiger partial charge in [-0.15, -0.1) is 35.3 Å². The van der Waals surface area contributed by atoms with E-state index < -0.39 is 0 Å². The lowest BCUT2D eigenvalue weighted by molar-refractivity contribution is 0.534. The summed E-state index contributed by atoms with van der Waals surface area (Å²) in [6, 6.07) is 8.08. The summed E-state index contributed by atoms with van der Waals surface area (Å²) in [7, 11) is 5.74. The van der Waals surface area contributed by atoms with Gasteiger partial charge in [0.05, 0.1) is 18.8 Å². The molecule has 0 bridgehead atoms. The van der Waals surface area contributed by atoms with Crippen LogP contribution in [0, 0.1) is 6.92 Å². The van der Waals surface area contributed by atoms with Gasteiger partial charge in [-0.1, -0.05) is 18.2 Å². The maximum atomic E-state index is 5.92. The first-order chi connectivity index (χ1) is 12.1. The fourth-order valence-corrected chi connectivity index (χ4v) is 3.29. The van der Waals surface area contributed by atoms with Crippen LogP contribution in [0.2, 0.25) is 0 Å². The molecule has 0 amide bonds. The standard InChI is InChI=1S/C18H23N5OS.HI/c1-12-14-7-5-6-8-15(14)24-16(12)10-21-17(19-2)20-9-13-11-25-18(22-13)23(3)4;/h5-8,11H,9-10H2,1-4H3,(H2,19,20,21);1H. The molecule has 0 saturated carbocycles. The zero-order chi connectivity index (χ0) is 17.8. The Bertz CT molecular complexity index is 887. The number of nitrogens with one attached hydrogen (secondary N) is 2. The largest absolute Gasteiger partial charge is 0.459 e. The number of para-hydroxylation sites is 1. The number of anilines is 1. The molecule has 0 aliphatic carbocycles. The molecule has 2 heterocycles. The van der Waals surface area contributed by atoms with Crippen LogP contribution >= 0.6 is 35.3 Å². The molecule has 26 heavy (non-hydrogen) atoms. The van der Waals surface area contributed by atoms with Gasteiger partial charge in [-0.2, -0.15) is 0 Å². The summed E-state index contributed by atoms with van der Waals surface area (Å²) in [5, 5.41) is 10.8. The maximum absolute atomic E-state index is 5.92. The highest BCUT2D eigenvalue weighted by molar-refractivity contribution is 14.0. The van der Waals surface area contributed by atoms with Gasteiger partial charge in [0.2, 0.25) is 0 Å². The Morgan fingerprint density at radius 1 is 1.23 bits per heavy atom. The van der Waals surface area contributed by atoms with E-state index in [0.29, 0.717) is 13.1 Å². The molecule has 2 N–H and O–H groups in total. The normalized spacial score (nSPS) is 11.3. The van der Waals surface area contributed by atoms with Gasteiger partial charge < -0.3 is 20.0 Å². The Morgan fingerprint density at radius 3 is 2.62 bits per heavy atom. The number of hydrogen-bond acceptors (Lipinski definition) is 5. The Morgan fingerprint density at radius 2 is 1.96 bits per heavy atom. The minimum absolute atomic E-state index is 0. The number of benzene rings is 1. The van der Waals surface area contributed by atoms with Gasteiger partial charge in [-0.25, -0.2) is 4.98 Å². The Kier molecular flexibility index (Phi) is 7.27. The molecule has 0 aliphatic rings. The van der Waals surface area contributed by atoms with E-state index in [1.165, 1.54) is 0 Å². The number of aryl methyl sites for hydroxylation is 1. The van der Waals surface area contributed by atoms with Crippen molar-refractivity contribution in [1.82, 2.24) is 15.6 Å². The van der Waals surface area contributed by atoms with Gasteiger partial charge in [0, 0.05) is 37.5 Å². The summed E-state index contributed by atoms with van der Waals surface area (Å²) in [6.45, 7) is 3.29. The summed E-state index contributed by atoms with van der Waals surface area (Å²) in [6.07, 6.45) is 0. The number of thiazole rings is 1. The van der Waals surface area contributed by atoms with Crippen LogP contribution in [0.3, 0.4) is 0 Å². The predicted octanol–water partition coefficient (Wildman–Crippen LogP) is 3.75. The Hall–Kier alpha value is -1.81. The van der Waals surface area contributed by atoms with E-state index in [9.17, 15) is 0 Å². The highest BCUT2D eigenvalue weighted by atomic mass is 127. The lowest BCUT2D eigenvalue weighted by atomic mass is 10.1. The molecule has 0 fully saturated rings. The second kappa shape index (κ2) is 9.22. The monoisotopic (exact) mass is 485 g/mol. The lowest BCUT2D eigenvalue weighted by Gasteiger charge is -2.10. The van der Waals surface area contributed by atoms with Crippen LogP contribution in [-0.4, -0.2) is 32.1 Å². The molecule has 0 spiro atoms. The van der Waals surface area contributed by atoms with Gasteiger partial charge >= 0.3 is 0 Å². The van der Waals surface area contributed by atoms with Crippen molar-refractivity contribution in [2.75, 3.05) is 26.0 Å². The highest BCUT2D eigenvalue weighted by Crippen LogP contribution is 2.24. The number of rotatable bonds is 5. The molecule has 2 aromatic heterocycles. The van der Waals surface area contributed by atoms with Gasteiger partial charge in [0.25, 0.3) is 0 Å². The van der Waals surface area contributed by atoms with Crippen LogP contribution in [0.5, 0.6) is 0 Å². The second-order valence-electron chi connectivity index (χ2n) is 5.94. The molecular formula is C18H24IN5OS.